The summed E-state index contributed by atoms with van der Waals surface area (Å²) in [6.07, 6.45) is 0.271. The van der Waals surface area contributed by atoms with Gasteiger partial charge >= 0.3 is 0 Å². The molecule has 1 rings (SSSR count). The molecule has 1 aromatic heterocycles. The first-order valence-electron chi connectivity index (χ1n) is 6.01. The van der Waals surface area contributed by atoms with E-state index >= 15 is 0 Å². The third kappa shape index (κ3) is 4.48. The van der Waals surface area contributed by atoms with Crippen LogP contribution in [0.2, 0.25) is 0 Å². The van der Waals surface area contributed by atoms with Gasteiger partial charge in [-0.1, -0.05) is 19.9 Å². The van der Waals surface area contributed by atoms with Crippen molar-refractivity contribution in [3.63, 3.8) is 0 Å². The molecular weight excluding hydrogens is 234 g/mol. The number of thiophene rings is 1. The van der Waals surface area contributed by atoms with Gasteiger partial charge in [0.25, 0.3) is 0 Å². The number of rotatable bonds is 6. The fraction of sp³-hybridized carbons (Fsp3) is 0.615. The van der Waals surface area contributed by atoms with E-state index in [1.165, 1.54) is 0 Å². The zero-order valence-corrected chi connectivity index (χ0v) is 11.5. The number of nitrogens with one attached hydrogen (secondary N) is 1. The maximum Gasteiger partial charge on any atom is 0.228 e. The molecule has 2 atom stereocenters. The number of carbonyl (C=O) groups is 1. The molecule has 0 saturated heterocycles. The van der Waals surface area contributed by atoms with E-state index in [1.54, 1.807) is 11.3 Å². The van der Waals surface area contributed by atoms with Gasteiger partial charge in [0.1, 0.15) is 0 Å². The average Bonchev–Trinajstić information content (AvgIpc) is 2.80. The average molecular weight is 255 g/mol. The lowest BCUT2D eigenvalue weighted by molar-refractivity contribution is -0.122. The summed E-state index contributed by atoms with van der Waals surface area (Å²) in [5.74, 6) is 0.163. The van der Waals surface area contributed by atoms with Crippen LogP contribution >= 0.6 is 11.3 Å². The van der Waals surface area contributed by atoms with E-state index in [1.807, 2.05) is 38.3 Å². The van der Waals surface area contributed by atoms with E-state index in [-0.39, 0.29) is 23.8 Å². The summed E-state index contributed by atoms with van der Waals surface area (Å²) in [7, 11) is 0. The summed E-state index contributed by atoms with van der Waals surface area (Å²) in [6, 6.07) is 3.92. The molecule has 1 heterocycles. The molecule has 0 saturated carbocycles. The monoisotopic (exact) mass is 255 g/mol. The largest absolute Gasteiger partial charge is 0.393 e. The van der Waals surface area contributed by atoms with Gasteiger partial charge in [-0.3, -0.25) is 4.79 Å². The fourth-order valence-electron chi connectivity index (χ4n) is 1.50. The van der Waals surface area contributed by atoms with E-state index in [2.05, 4.69) is 5.32 Å². The molecule has 4 heteroatoms. The summed E-state index contributed by atoms with van der Waals surface area (Å²) in [6.45, 7) is 6.38. The van der Waals surface area contributed by atoms with Crippen LogP contribution in [0.15, 0.2) is 17.5 Å². The molecule has 1 aromatic rings. The predicted molar refractivity (Wildman–Crippen MR) is 71.2 cm³/mol. The second-order valence-corrected chi connectivity index (χ2v) is 5.61. The molecule has 0 aromatic carbocycles. The molecule has 0 aliphatic rings. The molecular formula is C13H21NO2S. The lowest BCUT2D eigenvalue weighted by atomic mass is 10.0. The summed E-state index contributed by atoms with van der Waals surface area (Å²) in [5.41, 5.74) is 0. The van der Waals surface area contributed by atoms with Crippen LogP contribution in [0.1, 0.15) is 38.0 Å². The van der Waals surface area contributed by atoms with Gasteiger partial charge in [-0.15, -0.1) is 11.3 Å². The number of aliphatic hydroxyl groups excluding tert-OH is 1. The first-order chi connectivity index (χ1) is 8.02. The summed E-state index contributed by atoms with van der Waals surface area (Å²) in [4.78, 5) is 12.9. The first kappa shape index (κ1) is 14.2. The van der Waals surface area contributed by atoms with E-state index < -0.39 is 0 Å². The van der Waals surface area contributed by atoms with Gasteiger partial charge in [0.05, 0.1) is 12.0 Å². The van der Waals surface area contributed by atoms with E-state index in [0.717, 1.165) is 4.88 Å². The Kier molecular flexibility index (Phi) is 5.65. The molecule has 2 N–H and O–H groups in total. The minimum atomic E-state index is -0.340. The van der Waals surface area contributed by atoms with Gasteiger partial charge in [0, 0.05) is 11.4 Å². The van der Waals surface area contributed by atoms with Crippen molar-refractivity contribution in [3.8, 4) is 0 Å². The number of hydrogen-bond acceptors (Lipinski definition) is 3. The van der Waals surface area contributed by atoms with Crippen LogP contribution in [0, 0.1) is 5.92 Å². The van der Waals surface area contributed by atoms with E-state index in [4.69, 9.17) is 0 Å². The Bertz CT molecular complexity index is 335. The Morgan fingerprint density at radius 2 is 2.18 bits per heavy atom. The molecule has 2 unspecified atom stereocenters. The molecule has 0 aliphatic carbocycles. The second kappa shape index (κ2) is 6.77. The van der Waals surface area contributed by atoms with E-state index in [0.29, 0.717) is 13.0 Å². The van der Waals surface area contributed by atoms with Crippen LogP contribution in [0.3, 0.4) is 0 Å². The standard InChI is InChI=1S/C13H21NO2S/c1-9(2)11(15)6-7-14-13(16)10(3)12-5-4-8-17-12/h4-5,8-11,15H,6-7H2,1-3H3,(H,14,16). The van der Waals surface area contributed by atoms with Gasteiger partial charge in [0.2, 0.25) is 5.91 Å². The zero-order chi connectivity index (χ0) is 12.8. The molecule has 0 fully saturated rings. The first-order valence-corrected chi connectivity index (χ1v) is 6.89. The highest BCUT2D eigenvalue weighted by Crippen LogP contribution is 2.20. The maximum absolute atomic E-state index is 11.8. The van der Waals surface area contributed by atoms with Gasteiger partial charge in [-0.2, -0.15) is 0 Å². The quantitative estimate of drug-likeness (QED) is 0.820. The van der Waals surface area contributed by atoms with Crippen molar-refractivity contribution >= 4 is 17.2 Å². The predicted octanol–water partition coefficient (Wildman–Crippen LogP) is 2.37. The van der Waals surface area contributed by atoms with Crippen LogP contribution in [-0.4, -0.2) is 23.7 Å². The molecule has 17 heavy (non-hydrogen) atoms. The van der Waals surface area contributed by atoms with Gasteiger partial charge in [-0.05, 0) is 30.7 Å². The van der Waals surface area contributed by atoms with Crippen molar-refractivity contribution in [2.75, 3.05) is 6.54 Å². The summed E-state index contributed by atoms with van der Waals surface area (Å²) >= 11 is 1.59. The molecule has 0 bridgehead atoms. The van der Waals surface area contributed by atoms with Crippen molar-refractivity contribution in [1.82, 2.24) is 5.32 Å². The van der Waals surface area contributed by atoms with Gasteiger partial charge in [0.15, 0.2) is 0 Å². The lowest BCUT2D eigenvalue weighted by Gasteiger charge is -2.15. The number of hydrogen-bond donors (Lipinski definition) is 2. The Labute approximate surface area is 107 Å². The third-order valence-electron chi connectivity index (χ3n) is 2.87. The van der Waals surface area contributed by atoms with Crippen LogP contribution in [0.5, 0.6) is 0 Å². The molecule has 0 spiro atoms. The Balaban J connectivity index is 2.30. The minimum Gasteiger partial charge on any atom is -0.393 e. The highest BCUT2D eigenvalue weighted by molar-refractivity contribution is 7.10. The second-order valence-electron chi connectivity index (χ2n) is 4.63. The van der Waals surface area contributed by atoms with Crippen molar-refractivity contribution in [3.05, 3.63) is 22.4 Å². The van der Waals surface area contributed by atoms with Crippen LogP contribution in [0.25, 0.3) is 0 Å². The zero-order valence-electron chi connectivity index (χ0n) is 10.6. The summed E-state index contributed by atoms with van der Waals surface area (Å²) < 4.78 is 0. The molecule has 1 amide bonds. The van der Waals surface area contributed by atoms with Crippen LogP contribution in [0.4, 0.5) is 0 Å². The van der Waals surface area contributed by atoms with Crippen LogP contribution < -0.4 is 5.32 Å². The Morgan fingerprint density at radius 3 is 2.71 bits per heavy atom. The fourth-order valence-corrected chi connectivity index (χ4v) is 2.28. The Hall–Kier alpha value is -0.870. The number of carbonyl (C=O) groups excluding carboxylic acids is 1. The molecule has 0 aliphatic heterocycles. The van der Waals surface area contributed by atoms with E-state index in [9.17, 15) is 9.90 Å². The summed E-state index contributed by atoms with van der Waals surface area (Å²) in [5, 5.41) is 14.5. The molecule has 96 valence electrons. The van der Waals surface area contributed by atoms with Crippen molar-refractivity contribution in [2.45, 2.75) is 39.2 Å². The number of amides is 1. The van der Waals surface area contributed by atoms with Gasteiger partial charge < -0.3 is 10.4 Å². The smallest absolute Gasteiger partial charge is 0.228 e. The highest BCUT2D eigenvalue weighted by atomic mass is 32.1. The third-order valence-corrected chi connectivity index (χ3v) is 3.93. The highest BCUT2D eigenvalue weighted by Gasteiger charge is 2.16. The lowest BCUT2D eigenvalue weighted by Crippen LogP contribution is -2.31. The molecule has 0 radical (unpaired) electrons. The van der Waals surface area contributed by atoms with Crippen molar-refractivity contribution in [1.29, 1.82) is 0 Å². The number of aliphatic hydroxyl groups is 1. The minimum absolute atomic E-state index is 0.0309. The SMILES string of the molecule is CC(C(=O)NCCC(O)C(C)C)c1cccs1. The topological polar surface area (TPSA) is 49.3 Å². The normalized spacial score (nSPS) is 14.6. The molecule has 3 nitrogen and oxygen atoms in total. The Morgan fingerprint density at radius 1 is 1.47 bits per heavy atom. The maximum atomic E-state index is 11.8. The van der Waals surface area contributed by atoms with Crippen molar-refractivity contribution < 1.29 is 9.90 Å². The van der Waals surface area contributed by atoms with Crippen molar-refractivity contribution in [2.24, 2.45) is 5.92 Å². The van der Waals surface area contributed by atoms with Crippen LogP contribution in [-0.2, 0) is 4.79 Å². The van der Waals surface area contributed by atoms with Gasteiger partial charge in [-0.25, -0.2) is 0 Å².